The number of nitrogens with one attached hydrogen (secondary N) is 3. The molecule has 7 heteroatoms. The third-order valence-corrected chi connectivity index (χ3v) is 4.83. The second-order valence-electron chi connectivity index (χ2n) is 7.18. The molecule has 0 bridgehead atoms. The number of hydrogen-bond acceptors (Lipinski definition) is 4. The number of aromatic nitrogens is 1. The van der Waals surface area contributed by atoms with Crippen LogP contribution in [-0.4, -0.2) is 35.3 Å². The van der Waals surface area contributed by atoms with Gasteiger partial charge in [-0.05, 0) is 37.3 Å². The van der Waals surface area contributed by atoms with Gasteiger partial charge in [0.05, 0.1) is 0 Å². The molecular weight excluding hydrogens is 344 g/mol. The van der Waals surface area contributed by atoms with Crippen LogP contribution in [0.5, 0.6) is 0 Å². The molecule has 1 aliphatic rings. The monoisotopic (exact) mass is 374 g/mol. The van der Waals surface area contributed by atoms with E-state index in [4.69, 9.17) is 0 Å². The zero-order valence-electron chi connectivity index (χ0n) is 16.0. The van der Waals surface area contributed by atoms with Gasteiger partial charge in [0.1, 0.15) is 6.04 Å². The number of nitrogens with zero attached hydrogens (tertiary/aromatic N) is 1. The van der Waals surface area contributed by atoms with E-state index in [0.29, 0.717) is 18.9 Å². The van der Waals surface area contributed by atoms with E-state index >= 15 is 0 Å². The third-order valence-electron chi connectivity index (χ3n) is 4.83. The Balaban J connectivity index is 1.58. The van der Waals surface area contributed by atoms with Gasteiger partial charge in [-0.1, -0.05) is 25.3 Å². The van der Waals surface area contributed by atoms with E-state index in [1.807, 2.05) is 12.1 Å². The molecule has 1 aromatic heterocycles. The van der Waals surface area contributed by atoms with Crippen molar-refractivity contribution in [3.05, 3.63) is 30.1 Å². The van der Waals surface area contributed by atoms with Gasteiger partial charge in [-0.25, -0.2) is 0 Å². The van der Waals surface area contributed by atoms with Crippen molar-refractivity contribution >= 4 is 17.7 Å². The summed E-state index contributed by atoms with van der Waals surface area (Å²) in [4.78, 5) is 39.9. The predicted molar refractivity (Wildman–Crippen MR) is 103 cm³/mol. The van der Waals surface area contributed by atoms with Gasteiger partial charge in [0, 0.05) is 38.3 Å². The smallest absolute Gasteiger partial charge is 0.242 e. The number of amides is 3. The van der Waals surface area contributed by atoms with Crippen LogP contribution in [0.1, 0.15) is 57.4 Å². The van der Waals surface area contributed by atoms with E-state index < -0.39 is 6.04 Å². The van der Waals surface area contributed by atoms with Crippen molar-refractivity contribution < 1.29 is 14.4 Å². The van der Waals surface area contributed by atoms with E-state index in [1.165, 1.54) is 19.3 Å². The van der Waals surface area contributed by atoms with Gasteiger partial charge in [-0.3, -0.25) is 19.4 Å². The van der Waals surface area contributed by atoms with E-state index in [2.05, 4.69) is 20.9 Å². The van der Waals surface area contributed by atoms with E-state index in [1.54, 1.807) is 19.3 Å². The van der Waals surface area contributed by atoms with Crippen molar-refractivity contribution in [2.45, 2.75) is 64.5 Å². The van der Waals surface area contributed by atoms with Crippen molar-refractivity contribution in [1.29, 1.82) is 0 Å². The molecule has 2 rings (SSSR count). The summed E-state index contributed by atoms with van der Waals surface area (Å²) in [6, 6.07) is 3.10. The molecule has 0 saturated heterocycles. The first-order valence-corrected chi connectivity index (χ1v) is 9.77. The minimum Gasteiger partial charge on any atom is -0.354 e. The van der Waals surface area contributed by atoms with Crippen LogP contribution < -0.4 is 16.0 Å². The van der Waals surface area contributed by atoms with Crippen LogP contribution in [0.15, 0.2) is 24.5 Å². The second-order valence-corrected chi connectivity index (χ2v) is 7.18. The summed E-state index contributed by atoms with van der Waals surface area (Å²) in [7, 11) is 0. The summed E-state index contributed by atoms with van der Waals surface area (Å²) in [6.07, 6.45) is 9.89. The van der Waals surface area contributed by atoms with Gasteiger partial charge in [-0.2, -0.15) is 0 Å². The number of pyridine rings is 1. The Labute approximate surface area is 160 Å². The molecule has 1 saturated carbocycles. The molecule has 1 unspecified atom stereocenters. The molecule has 0 radical (unpaired) electrons. The lowest BCUT2D eigenvalue weighted by atomic mass is 9.87. The highest BCUT2D eigenvalue weighted by Gasteiger charge is 2.20. The van der Waals surface area contributed by atoms with E-state index in [9.17, 15) is 14.4 Å². The highest BCUT2D eigenvalue weighted by molar-refractivity contribution is 5.87. The van der Waals surface area contributed by atoms with Gasteiger partial charge in [-0.15, -0.1) is 0 Å². The van der Waals surface area contributed by atoms with Crippen LogP contribution in [0.25, 0.3) is 0 Å². The molecule has 1 aromatic rings. The molecular formula is C20H30N4O3. The van der Waals surface area contributed by atoms with Crippen molar-refractivity contribution in [2.24, 2.45) is 5.92 Å². The Bertz CT molecular complexity index is 615. The summed E-state index contributed by atoms with van der Waals surface area (Å²) < 4.78 is 0. The van der Waals surface area contributed by atoms with Crippen molar-refractivity contribution in [2.75, 3.05) is 6.54 Å². The average molecular weight is 374 g/mol. The normalized spacial score (nSPS) is 15.6. The first-order valence-electron chi connectivity index (χ1n) is 9.77. The van der Waals surface area contributed by atoms with Crippen LogP contribution in [0, 0.1) is 5.92 Å². The number of carbonyl (C=O) groups excluding carboxylic acids is 3. The fourth-order valence-corrected chi connectivity index (χ4v) is 3.26. The lowest BCUT2D eigenvalue weighted by molar-refractivity contribution is -0.129. The van der Waals surface area contributed by atoms with Crippen molar-refractivity contribution in [1.82, 2.24) is 20.9 Å². The molecule has 3 N–H and O–H groups in total. The van der Waals surface area contributed by atoms with E-state index in [0.717, 1.165) is 18.4 Å². The molecule has 1 atom stereocenters. The molecule has 1 fully saturated rings. The Hall–Kier alpha value is -2.44. The minimum absolute atomic E-state index is 0.0706. The van der Waals surface area contributed by atoms with Crippen molar-refractivity contribution in [3.8, 4) is 0 Å². The van der Waals surface area contributed by atoms with Crippen LogP contribution >= 0.6 is 0 Å². The minimum atomic E-state index is -0.598. The maximum Gasteiger partial charge on any atom is 0.242 e. The molecule has 1 aliphatic carbocycles. The first kappa shape index (κ1) is 20.9. The van der Waals surface area contributed by atoms with Crippen LogP contribution in [-0.2, 0) is 20.9 Å². The zero-order chi connectivity index (χ0) is 19.5. The molecule has 0 aliphatic heterocycles. The quantitative estimate of drug-likeness (QED) is 0.612. The summed E-state index contributed by atoms with van der Waals surface area (Å²) in [5, 5.41) is 8.23. The first-order chi connectivity index (χ1) is 13.0. The topological polar surface area (TPSA) is 100 Å². The number of carbonyl (C=O) groups is 3. The zero-order valence-corrected chi connectivity index (χ0v) is 16.0. The van der Waals surface area contributed by atoms with Gasteiger partial charge >= 0.3 is 0 Å². The Kier molecular flexibility index (Phi) is 8.74. The van der Waals surface area contributed by atoms with Gasteiger partial charge in [0.2, 0.25) is 17.7 Å². The molecule has 3 amide bonds. The summed E-state index contributed by atoms with van der Waals surface area (Å²) in [5.41, 5.74) is 0.921. The molecule has 7 nitrogen and oxygen atoms in total. The van der Waals surface area contributed by atoms with Crippen LogP contribution in [0.2, 0.25) is 0 Å². The van der Waals surface area contributed by atoms with Crippen LogP contribution in [0.4, 0.5) is 0 Å². The Morgan fingerprint density at radius 2 is 1.93 bits per heavy atom. The number of hydrogen-bond donors (Lipinski definition) is 3. The maximum absolute atomic E-state index is 12.1. The maximum atomic E-state index is 12.1. The average Bonchev–Trinajstić information content (AvgIpc) is 2.67. The molecule has 0 spiro atoms. The SMILES string of the molecule is CC(NC(=O)CC1CCCCC1)C(=O)NCCC(=O)NCc1cccnc1. The molecule has 27 heavy (non-hydrogen) atoms. The Morgan fingerprint density at radius 1 is 1.15 bits per heavy atom. The predicted octanol–water partition coefficient (Wildman–Crippen LogP) is 1.68. The largest absolute Gasteiger partial charge is 0.354 e. The van der Waals surface area contributed by atoms with Gasteiger partial charge in [0.25, 0.3) is 0 Å². The van der Waals surface area contributed by atoms with Gasteiger partial charge < -0.3 is 16.0 Å². The summed E-state index contributed by atoms with van der Waals surface area (Å²) >= 11 is 0. The Morgan fingerprint density at radius 3 is 2.63 bits per heavy atom. The molecule has 0 aromatic carbocycles. The van der Waals surface area contributed by atoms with Gasteiger partial charge in [0.15, 0.2) is 0 Å². The molecule has 1 heterocycles. The highest BCUT2D eigenvalue weighted by Crippen LogP contribution is 2.26. The highest BCUT2D eigenvalue weighted by atomic mass is 16.2. The lowest BCUT2D eigenvalue weighted by Gasteiger charge is -2.22. The van der Waals surface area contributed by atoms with Crippen molar-refractivity contribution in [3.63, 3.8) is 0 Å². The standard InChI is InChI=1S/C20H30N4O3/c1-15(24-19(26)12-16-6-3-2-4-7-16)20(27)22-11-9-18(25)23-14-17-8-5-10-21-13-17/h5,8,10,13,15-16H,2-4,6-7,9,11-12,14H2,1H3,(H,22,27)(H,23,25)(H,24,26). The fraction of sp³-hybridized carbons (Fsp3) is 0.600. The fourth-order valence-electron chi connectivity index (χ4n) is 3.26. The second kappa shape index (κ2) is 11.3. The lowest BCUT2D eigenvalue weighted by Crippen LogP contribution is -2.46. The number of rotatable bonds is 9. The summed E-state index contributed by atoms with van der Waals surface area (Å²) in [6.45, 7) is 2.31. The molecule has 148 valence electrons. The van der Waals surface area contributed by atoms with Crippen LogP contribution in [0.3, 0.4) is 0 Å². The van der Waals surface area contributed by atoms with E-state index in [-0.39, 0.29) is 30.7 Å². The summed E-state index contributed by atoms with van der Waals surface area (Å²) in [5.74, 6) is -0.0449. The third kappa shape index (κ3) is 8.19.